The molecule has 148 valence electrons. The highest BCUT2D eigenvalue weighted by molar-refractivity contribution is 5.94. The number of nitrogens with zero attached hydrogens (tertiary/aromatic N) is 4. The van der Waals surface area contributed by atoms with E-state index in [9.17, 15) is 4.79 Å². The lowest BCUT2D eigenvalue weighted by atomic mass is 9.74. The van der Waals surface area contributed by atoms with Gasteiger partial charge in [-0.3, -0.25) is 9.69 Å². The van der Waals surface area contributed by atoms with Gasteiger partial charge in [-0.25, -0.2) is 4.98 Å². The van der Waals surface area contributed by atoms with Crippen molar-refractivity contribution in [3.8, 4) is 6.07 Å². The maximum absolute atomic E-state index is 13.1. The van der Waals surface area contributed by atoms with Gasteiger partial charge in [0.1, 0.15) is 11.8 Å². The number of carbonyl (C=O) groups excluding carboxylic acids is 1. The number of rotatable bonds is 2. The number of hydrogen-bond donors (Lipinski definition) is 0. The molecule has 1 aromatic heterocycles. The fourth-order valence-electron chi connectivity index (χ4n) is 5.78. The Labute approximate surface area is 172 Å². The zero-order valence-electron chi connectivity index (χ0n) is 16.6. The van der Waals surface area contributed by atoms with E-state index in [4.69, 9.17) is 5.26 Å². The van der Waals surface area contributed by atoms with Crippen molar-refractivity contribution in [3.05, 3.63) is 65.5 Å². The molecule has 29 heavy (non-hydrogen) atoms. The summed E-state index contributed by atoms with van der Waals surface area (Å²) in [4.78, 5) is 21.9. The van der Waals surface area contributed by atoms with Crippen LogP contribution in [0.2, 0.25) is 0 Å². The largest absolute Gasteiger partial charge is 0.338 e. The molecule has 3 aliphatic rings. The number of pyridine rings is 1. The van der Waals surface area contributed by atoms with Crippen molar-refractivity contribution in [2.45, 2.75) is 37.8 Å². The smallest absolute Gasteiger partial charge is 0.255 e. The first-order valence-electron chi connectivity index (χ1n) is 10.7. The molecular weight excluding hydrogens is 360 g/mol. The van der Waals surface area contributed by atoms with Crippen LogP contribution in [0, 0.1) is 23.2 Å². The zero-order valence-corrected chi connectivity index (χ0v) is 16.6. The fourth-order valence-corrected chi connectivity index (χ4v) is 5.78. The van der Waals surface area contributed by atoms with Crippen molar-refractivity contribution in [1.29, 1.82) is 5.26 Å². The fraction of sp³-hybridized carbons (Fsp3) is 0.458. The Kier molecular flexibility index (Phi) is 4.81. The zero-order chi connectivity index (χ0) is 19.8. The number of hydrogen-bond acceptors (Lipinski definition) is 4. The van der Waals surface area contributed by atoms with Gasteiger partial charge in [-0.2, -0.15) is 5.26 Å². The van der Waals surface area contributed by atoms with Gasteiger partial charge in [0.2, 0.25) is 0 Å². The summed E-state index contributed by atoms with van der Waals surface area (Å²) in [5.74, 6) is 1.13. The van der Waals surface area contributed by atoms with Crippen LogP contribution in [0.4, 0.5) is 0 Å². The van der Waals surface area contributed by atoms with Crippen LogP contribution in [0.5, 0.6) is 0 Å². The molecule has 3 saturated heterocycles. The second-order valence-corrected chi connectivity index (χ2v) is 8.74. The highest BCUT2D eigenvalue weighted by Crippen LogP contribution is 2.44. The van der Waals surface area contributed by atoms with Crippen LogP contribution >= 0.6 is 0 Å². The predicted molar refractivity (Wildman–Crippen MR) is 110 cm³/mol. The number of piperidine rings is 3. The van der Waals surface area contributed by atoms with E-state index >= 15 is 0 Å². The molecule has 5 nitrogen and oxygen atoms in total. The predicted octanol–water partition coefficient (Wildman–Crippen LogP) is 3.64. The van der Waals surface area contributed by atoms with Crippen LogP contribution in [-0.4, -0.2) is 46.4 Å². The third-order valence-corrected chi connectivity index (χ3v) is 6.98. The van der Waals surface area contributed by atoms with E-state index in [-0.39, 0.29) is 5.91 Å². The molecule has 1 aromatic carbocycles. The van der Waals surface area contributed by atoms with Crippen LogP contribution in [0.1, 0.15) is 53.3 Å². The number of aromatic nitrogens is 1. The molecule has 0 unspecified atom stereocenters. The molecule has 5 heteroatoms. The minimum atomic E-state index is 0.0561. The first-order valence-corrected chi connectivity index (χ1v) is 10.7. The van der Waals surface area contributed by atoms with E-state index in [1.165, 1.54) is 31.2 Å². The van der Waals surface area contributed by atoms with E-state index in [2.05, 4.69) is 40.2 Å². The average molecular weight is 386 g/mol. The van der Waals surface area contributed by atoms with Gasteiger partial charge in [0, 0.05) is 37.9 Å². The van der Waals surface area contributed by atoms with Gasteiger partial charge in [-0.05, 0) is 55.2 Å². The molecule has 0 aliphatic carbocycles. The van der Waals surface area contributed by atoms with Gasteiger partial charge in [0.25, 0.3) is 5.91 Å². The lowest BCUT2D eigenvalue weighted by Crippen LogP contribution is -2.60. The molecule has 3 fully saturated rings. The quantitative estimate of drug-likeness (QED) is 0.791. The summed E-state index contributed by atoms with van der Waals surface area (Å²) in [6, 6.07) is 17.4. The topological polar surface area (TPSA) is 60.2 Å². The molecular formula is C24H26N4O. The van der Waals surface area contributed by atoms with Crippen molar-refractivity contribution in [2.24, 2.45) is 11.8 Å². The molecule has 0 radical (unpaired) electrons. The molecule has 0 N–H and O–H groups in total. The number of fused-ring (bicyclic) bond motifs is 4. The van der Waals surface area contributed by atoms with Crippen LogP contribution in [-0.2, 0) is 0 Å². The lowest BCUT2D eigenvalue weighted by Gasteiger charge is -2.55. The second kappa shape index (κ2) is 7.61. The minimum absolute atomic E-state index is 0.0561. The second-order valence-electron chi connectivity index (χ2n) is 8.74. The average Bonchev–Trinajstić information content (AvgIpc) is 2.79. The van der Waals surface area contributed by atoms with Crippen molar-refractivity contribution in [2.75, 3.05) is 19.6 Å². The highest BCUT2D eigenvalue weighted by atomic mass is 16.2. The van der Waals surface area contributed by atoms with Gasteiger partial charge in [0.15, 0.2) is 0 Å². The molecule has 4 atom stereocenters. The molecule has 2 bridgehead atoms. The van der Waals surface area contributed by atoms with Crippen molar-refractivity contribution < 1.29 is 4.79 Å². The summed E-state index contributed by atoms with van der Waals surface area (Å²) in [5.41, 5.74) is 2.38. The van der Waals surface area contributed by atoms with Gasteiger partial charge >= 0.3 is 0 Å². The standard InChI is InChI=1S/C24H26N4O/c25-12-21-10-9-19(13-26-21)24(29)27-14-17-11-20(16-27)23-8-4-7-22(28(23)15-17)18-5-2-1-3-6-18/h1-3,5-6,9-10,13,17,20,22-23H,4,7-8,11,14-16H2/t17-,20+,22+,23-/m0/s1. The lowest BCUT2D eigenvalue weighted by molar-refractivity contribution is -0.0511. The SMILES string of the molecule is N#Cc1ccc(C(=O)N2C[C@@H]3C[C@H](C2)[C@@H]2CCC[C@H](c4ccccc4)N2C3)cn1. The van der Waals surface area contributed by atoms with Crippen LogP contribution in [0.3, 0.4) is 0 Å². The first-order chi connectivity index (χ1) is 14.2. The number of benzene rings is 1. The summed E-state index contributed by atoms with van der Waals surface area (Å²) in [6.07, 6.45) is 6.51. The van der Waals surface area contributed by atoms with Gasteiger partial charge in [0.05, 0.1) is 5.56 Å². The Morgan fingerprint density at radius 2 is 1.93 bits per heavy atom. The van der Waals surface area contributed by atoms with E-state index in [1.807, 2.05) is 11.0 Å². The number of nitriles is 1. The van der Waals surface area contributed by atoms with Crippen LogP contribution < -0.4 is 0 Å². The molecule has 4 heterocycles. The van der Waals surface area contributed by atoms with Crippen molar-refractivity contribution in [1.82, 2.24) is 14.8 Å². The van der Waals surface area contributed by atoms with Gasteiger partial charge in [-0.15, -0.1) is 0 Å². The number of likely N-dealkylation sites (tertiary alicyclic amines) is 1. The Morgan fingerprint density at radius 3 is 2.69 bits per heavy atom. The van der Waals surface area contributed by atoms with E-state index in [1.54, 1.807) is 18.3 Å². The molecule has 1 amide bonds. The van der Waals surface area contributed by atoms with Gasteiger partial charge in [-0.1, -0.05) is 30.3 Å². The molecule has 2 aromatic rings. The monoisotopic (exact) mass is 386 g/mol. The normalized spacial score (nSPS) is 29.0. The summed E-state index contributed by atoms with van der Waals surface area (Å²) >= 11 is 0. The number of carbonyl (C=O) groups is 1. The summed E-state index contributed by atoms with van der Waals surface area (Å²) in [5, 5.41) is 8.93. The minimum Gasteiger partial charge on any atom is -0.338 e. The maximum atomic E-state index is 13.1. The highest BCUT2D eigenvalue weighted by Gasteiger charge is 2.45. The summed E-state index contributed by atoms with van der Waals surface area (Å²) in [6.45, 7) is 2.73. The third-order valence-electron chi connectivity index (χ3n) is 6.98. The van der Waals surface area contributed by atoms with E-state index in [0.29, 0.717) is 35.2 Å². The van der Waals surface area contributed by atoms with Crippen molar-refractivity contribution in [3.63, 3.8) is 0 Å². The van der Waals surface area contributed by atoms with Crippen LogP contribution in [0.25, 0.3) is 0 Å². The Hall–Kier alpha value is -2.71. The third kappa shape index (κ3) is 3.42. The molecule has 3 aliphatic heterocycles. The Morgan fingerprint density at radius 1 is 1.07 bits per heavy atom. The molecule has 0 saturated carbocycles. The maximum Gasteiger partial charge on any atom is 0.255 e. The Balaban J connectivity index is 1.34. The Bertz CT molecular complexity index is 920. The van der Waals surface area contributed by atoms with E-state index in [0.717, 1.165) is 19.6 Å². The molecule has 0 spiro atoms. The van der Waals surface area contributed by atoms with Crippen molar-refractivity contribution >= 4 is 5.91 Å². The summed E-state index contributed by atoms with van der Waals surface area (Å²) in [7, 11) is 0. The van der Waals surface area contributed by atoms with Gasteiger partial charge < -0.3 is 4.90 Å². The summed E-state index contributed by atoms with van der Waals surface area (Å²) < 4.78 is 0. The van der Waals surface area contributed by atoms with Crippen LogP contribution in [0.15, 0.2) is 48.7 Å². The van der Waals surface area contributed by atoms with E-state index < -0.39 is 0 Å². The number of amides is 1. The first kappa shape index (κ1) is 18.3. The molecule has 5 rings (SSSR count).